The standard InChI is InChI=1S/C25H34F4N5O3S.C15H22FNOS.C13H19BrN4O2.C4H9.Li/c1-22(2,3)37-21(35)34-13-11-33(12-14-34)20-30-15-18(16-31-20)24(25(27,28)29,32-38(36)23(4,5)6)17-7-9-19(26)10-8-17;1-14(2,3)13(17-19(18)15(4,5)6)11-7-9-12(16)10-8-11;1-13(2,3)20-12(19)18-6-4-17(5-7-18)11-15-8-10(14)9-16-11;1-3-4-2;/h7-10,15-16,32,36H,11-14H2,1-6H3;7-10H,1-6H3;8-9H,4-7H2,1-3H3;1,3-4H2,2H3;/q+1;;;-1;+1/t24-,38?;;;;/m0..../s1. The number of nitrogens with one attached hydrogen (secondary N) is 1. The molecule has 2 aliphatic heterocycles. The van der Waals surface area contributed by atoms with Crippen molar-refractivity contribution in [1.82, 2.24) is 34.5 Å². The summed E-state index contributed by atoms with van der Waals surface area (Å²) >= 11 is 0.0732. The van der Waals surface area contributed by atoms with E-state index in [0.717, 1.165) is 58.8 Å². The van der Waals surface area contributed by atoms with Crippen molar-refractivity contribution >= 4 is 68.4 Å². The van der Waals surface area contributed by atoms with Gasteiger partial charge in [0.15, 0.2) is 4.75 Å². The number of hydrogen-bond acceptors (Lipinski definition) is 14. The van der Waals surface area contributed by atoms with Gasteiger partial charge in [0.2, 0.25) is 28.8 Å². The van der Waals surface area contributed by atoms with Gasteiger partial charge in [0, 0.05) is 93.7 Å². The number of hydrogen-bond donors (Lipinski definition) is 2. The number of ether oxygens (including phenoxy) is 2. The molecule has 2 N–H and O–H groups in total. The molecule has 3 atom stereocenters. The molecule has 4 heterocycles. The van der Waals surface area contributed by atoms with Crippen LogP contribution in [-0.4, -0.2) is 136 Å². The number of alkyl halides is 3. The van der Waals surface area contributed by atoms with Gasteiger partial charge in [-0.25, -0.2) is 38.3 Å². The van der Waals surface area contributed by atoms with Crippen molar-refractivity contribution in [2.75, 3.05) is 62.2 Å². The number of aromatic nitrogens is 4. The summed E-state index contributed by atoms with van der Waals surface area (Å²) in [5.74, 6) is -0.0849. The number of anilines is 2. The van der Waals surface area contributed by atoms with E-state index in [0.29, 0.717) is 58.3 Å². The van der Waals surface area contributed by atoms with Gasteiger partial charge in [-0.15, -0.1) is 0 Å². The molecular weight excluding hydrogens is 1170 g/mol. The first-order valence-corrected chi connectivity index (χ1v) is 29.7. The zero-order valence-corrected chi connectivity index (χ0v) is 54.0. The average Bonchev–Trinajstić information content (AvgIpc) is 2.71. The monoisotopic (exact) mass is 1250 g/mol. The topological polar surface area (TPSA) is 185 Å². The normalized spacial score (nSPS) is 16.1. The van der Waals surface area contributed by atoms with E-state index in [9.17, 15) is 40.6 Å². The first-order valence-electron chi connectivity index (χ1n) is 26.6. The van der Waals surface area contributed by atoms with Crippen LogP contribution in [0, 0.1) is 24.0 Å². The molecular formula is C57H84BrF5LiN10O6S2+. The van der Waals surface area contributed by atoms with Crippen molar-refractivity contribution in [2.45, 2.75) is 156 Å². The molecule has 0 radical (unpaired) electrons. The van der Waals surface area contributed by atoms with Crippen LogP contribution in [0.4, 0.5) is 43.4 Å². The maximum absolute atomic E-state index is 14.9. The van der Waals surface area contributed by atoms with E-state index in [1.165, 1.54) is 18.6 Å². The number of nitrogens with zero attached hydrogens (tertiary/aromatic N) is 9. The Balaban J connectivity index is 0.000000439. The van der Waals surface area contributed by atoms with Gasteiger partial charge < -0.3 is 40.5 Å². The first kappa shape index (κ1) is 73.8. The number of halogens is 6. The molecule has 2 aromatic heterocycles. The second-order valence-electron chi connectivity index (χ2n) is 24.0. The van der Waals surface area contributed by atoms with Gasteiger partial charge in [-0.3, -0.25) is 0 Å². The summed E-state index contributed by atoms with van der Waals surface area (Å²) in [5, 5.41) is 0. The SMILES string of the molecule is CC(C)(C)C(=N[S+]([O-])C(C)(C)C)c1ccc(F)cc1.CC(C)(C)OC(=O)N1CCN(c2ncc(Br)cn2)CC1.CC(C)(C)OC(=O)N1CCN(c2ncc([C@@](N[S+](O)C(C)(C)C)(c3ccc(F)cc3)C(F)(F)F)cn2)CC1.[CH2-]CCC.[Li+]. The summed E-state index contributed by atoms with van der Waals surface area (Å²) in [6.07, 6.45) is 2.21. The summed E-state index contributed by atoms with van der Waals surface area (Å²) in [6, 6.07) is 10.1. The van der Waals surface area contributed by atoms with E-state index in [2.05, 4.69) is 63.7 Å². The van der Waals surface area contributed by atoms with Crippen molar-refractivity contribution in [3.05, 3.63) is 113 Å². The maximum atomic E-state index is 14.9. The number of unbranched alkanes of at least 4 members (excludes halogenated alkanes) is 1. The van der Waals surface area contributed by atoms with Crippen LogP contribution < -0.4 is 33.4 Å². The number of benzene rings is 2. The zero-order chi connectivity index (χ0) is 61.5. The number of carbonyl (C=O) groups excluding carboxylic acids is 2. The largest absolute Gasteiger partial charge is 1.00 e. The smallest absolute Gasteiger partial charge is 0.591 e. The van der Waals surface area contributed by atoms with Crippen LogP contribution in [0.3, 0.4) is 0 Å². The second kappa shape index (κ2) is 31.2. The summed E-state index contributed by atoms with van der Waals surface area (Å²) in [4.78, 5) is 48.3. The summed E-state index contributed by atoms with van der Waals surface area (Å²) in [6.45, 7) is 37.2. The Kier molecular flexibility index (Phi) is 28.1. The van der Waals surface area contributed by atoms with Crippen molar-refractivity contribution in [3.8, 4) is 0 Å². The molecule has 82 heavy (non-hydrogen) atoms. The first-order chi connectivity index (χ1) is 37.2. The summed E-state index contributed by atoms with van der Waals surface area (Å²) in [7, 11) is 0. The van der Waals surface area contributed by atoms with E-state index in [-0.39, 0.29) is 53.3 Å². The fourth-order valence-electron chi connectivity index (χ4n) is 7.10. The van der Waals surface area contributed by atoms with E-state index >= 15 is 0 Å². The van der Waals surface area contributed by atoms with Gasteiger partial charge in [0.1, 0.15) is 44.7 Å². The van der Waals surface area contributed by atoms with Crippen LogP contribution >= 0.6 is 15.9 Å². The molecule has 0 aliphatic carbocycles. The van der Waals surface area contributed by atoms with Crippen molar-refractivity contribution in [2.24, 2.45) is 9.81 Å². The second-order valence-corrected chi connectivity index (χ2v) is 28.9. The average molecular weight is 1250 g/mol. The van der Waals surface area contributed by atoms with Gasteiger partial charge in [-0.1, -0.05) is 67.5 Å². The van der Waals surface area contributed by atoms with Crippen LogP contribution in [0.5, 0.6) is 0 Å². The number of amides is 2. The Morgan fingerprint density at radius 3 is 1.34 bits per heavy atom. The Labute approximate surface area is 509 Å². The summed E-state index contributed by atoms with van der Waals surface area (Å²) < 4.78 is 111. The van der Waals surface area contributed by atoms with E-state index in [1.807, 2.05) is 62.3 Å². The van der Waals surface area contributed by atoms with Crippen LogP contribution in [0.25, 0.3) is 0 Å². The Morgan fingerprint density at radius 1 is 0.659 bits per heavy atom. The Hall–Kier alpha value is -4.28. The molecule has 4 aromatic rings. The molecule has 0 spiro atoms. The van der Waals surface area contributed by atoms with Gasteiger partial charge in [0.25, 0.3) is 0 Å². The number of rotatable bonds is 9. The van der Waals surface area contributed by atoms with Gasteiger partial charge in [-0.05, 0) is 129 Å². The number of carbonyl (C=O) groups is 2. The molecule has 2 fully saturated rings. The van der Waals surface area contributed by atoms with Gasteiger partial charge in [-0.2, -0.15) is 24.1 Å². The third-order valence-corrected chi connectivity index (χ3v) is 15.0. The number of piperazine rings is 2. The zero-order valence-electron chi connectivity index (χ0n) is 50.8. The van der Waals surface area contributed by atoms with E-state index in [4.69, 9.17) is 9.47 Å². The molecule has 2 aromatic carbocycles. The molecule has 0 saturated carbocycles. The third kappa shape index (κ3) is 23.3. The maximum Gasteiger partial charge on any atom is 1.00 e. The molecule has 6 rings (SSSR count). The van der Waals surface area contributed by atoms with Gasteiger partial charge >= 0.3 is 37.2 Å². The molecule has 2 aliphatic rings. The van der Waals surface area contributed by atoms with E-state index in [1.54, 1.807) is 80.8 Å². The van der Waals surface area contributed by atoms with Crippen LogP contribution in [-0.2, 0) is 37.7 Å². The Morgan fingerprint density at radius 2 is 1.02 bits per heavy atom. The molecule has 2 amide bonds. The van der Waals surface area contributed by atoms with Crippen LogP contribution in [0.1, 0.15) is 140 Å². The van der Waals surface area contributed by atoms with Crippen molar-refractivity contribution in [3.63, 3.8) is 0 Å². The molecule has 0 bridgehead atoms. The van der Waals surface area contributed by atoms with E-state index < -0.39 is 67.0 Å². The minimum absolute atomic E-state index is 0. The van der Waals surface area contributed by atoms with Crippen molar-refractivity contribution < 1.29 is 69.0 Å². The van der Waals surface area contributed by atoms with Crippen molar-refractivity contribution in [1.29, 1.82) is 0 Å². The summed E-state index contributed by atoms with van der Waals surface area (Å²) in [5.41, 5.74) is -3.36. The minimum atomic E-state index is -4.95. The molecule has 2 saturated heterocycles. The fraction of sp³-hybridized carbons (Fsp3) is 0.579. The van der Waals surface area contributed by atoms with Crippen LogP contribution in [0.15, 0.2) is 82.2 Å². The predicted molar refractivity (Wildman–Crippen MR) is 318 cm³/mol. The predicted octanol–water partition coefficient (Wildman–Crippen LogP) is 9.92. The van der Waals surface area contributed by atoms with Crippen LogP contribution in [0.2, 0.25) is 0 Å². The third-order valence-electron chi connectivity index (χ3n) is 11.5. The van der Waals surface area contributed by atoms with Gasteiger partial charge in [0.05, 0.1) is 4.47 Å². The minimum Gasteiger partial charge on any atom is -0.591 e. The quantitative estimate of drug-likeness (QED) is 0.0531. The molecule has 25 heteroatoms. The fourth-order valence-corrected chi connectivity index (χ4v) is 9.07. The molecule has 16 nitrogen and oxygen atoms in total. The molecule has 452 valence electrons. The molecule has 2 unspecified atom stereocenters. The Bertz CT molecular complexity index is 2600.